The summed E-state index contributed by atoms with van der Waals surface area (Å²) >= 11 is 0. The van der Waals surface area contributed by atoms with E-state index < -0.39 is 0 Å². The summed E-state index contributed by atoms with van der Waals surface area (Å²) in [5.41, 5.74) is 2.68. The number of aliphatic hydroxyl groups is 1. The van der Waals surface area contributed by atoms with E-state index in [-0.39, 0.29) is 18.6 Å². The number of nitrogens with zero attached hydrogens (tertiary/aromatic N) is 4. The number of aliphatic hydroxyl groups excluding tert-OH is 1. The molecule has 0 aliphatic heterocycles. The minimum Gasteiger partial charge on any atom is -0.394 e. The highest BCUT2D eigenvalue weighted by Crippen LogP contribution is 2.57. The van der Waals surface area contributed by atoms with Gasteiger partial charge in [-0.15, -0.1) is 0 Å². The predicted octanol–water partition coefficient (Wildman–Crippen LogP) is 1.99. The maximum absolute atomic E-state index is 13.0. The first kappa shape index (κ1) is 16.9. The van der Waals surface area contributed by atoms with Gasteiger partial charge in [0, 0.05) is 23.9 Å². The first-order valence-corrected chi connectivity index (χ1v) is 10.1. The summed E-state index contributed by atoms with van der Waals surface area (Å²) in [6.45, 7) is -0.0191. The Balaban J connectivity index is 1.43. The summed E-state index contributed by atoms with van der Waals surface area (Å²) in [7, 11) is 0. The Hall–Kier alpha value is -2.28. The van der Waals surface area contributed by atoms with Gasteiger partial charge in [0.25, 0.3) is 5.91 Å². The molecule has 142 valence electrons. The molecule has 7 heteroatoms. The fraction of sp³-hybridized carbons (Fsp3) is 0.600. The summed E-state index contributed by atoms with van der Waals surface area (Å²) < 4.78 is 1.81. The maximum atomic E-state index is 13.0. The Morgan fingerprint density at radius 1 is 1.30 bits per heavy atom. The molecule has 1 amide bonds. The summed E-state index contributed by atoms with van der Waals surface area (Å²) in [6.07, 6.45) is 12.8. The Bertz CT molecular complexity index is 844. The van der Waals surface area contributed by atoms with Crippen LogP contribution in [0.4, 0.5) is 0 Å². The molecular weight excluding hydrogens is 342 g/mol. The van der Waals surface area contributed by atoms with Gasteiger partial charge in [0.15, 0.2) is 11.5 Å². The average molecular weight is 367 g/mol. The van der Waals surface area contributed by atoms with Crippen molar-refractivity contribution in [2.75, 3.05) is 6.61 Å². The van der Waals surface area contributed by atoms with Crippen molar-refractivity contribution in [3.05, 3.63) is 35.5 Å². The van der Waals surface area contributed by atoms with Crippen LogP contribution in [0.1, 0.15) is 66.2 Å². The second kappa shape index (κ2) is 6.71. The van der Waals surface area contributed by atoms with E-state index in [0.29, 0.717) is 29.3 Å². The van der Waals surface area contributed by atoms with Crippen molar-refractivity contribution in [1.29, 1.82) is 0 Å². The largest absolute Gasteiger partial charge is 0.394 e. The Morgan fingerprint density at radius 2 is 2.15 bits per heavy atom. The first-order chi connectivity index (χ1) is 13.3. The van der Waals surface area contributed by atoms with E-state index in [9.17, 15) is 9.90 Å². The number of rotatable bonds is 5. The molecule has 7 nitrogen and oxygen atoms in total. The van der Waals surface area contributed by atoms with Crippen LogP contribution in [0, 0.1) is 11.8 Å². The smallest absolute Gasteiger partial charge is 0.272 e. The summed E-state index contributed by atoms with van der Waals surface area (Å²) in [4.78, 5) is 21.6. The molecule has 2 N–H and O–H groups in total. The van der Waals surface area contributed by atoms with E-state index in [4.69, 9.17) is 0 Å². The third-order valence-corrected chi connectivity index (χ3v) is 6.48. The SMILES string of the molecule is O=C(N[C@H](CO)C1CCCCC1)c1nn(-c2cnccn2)c2c1C[C@H]1C[C@@H]21. The average Bonchev–Trinajstić information content (AvgIpc) is 3.22. The van der Waals surface area contributed by atoms with Crippen LogP contribution in [-0.2, 0) is 6.42 Å². The number of nitrogens with one attached hydrogen (secondary N) is 1. The van der Waals surface area contributed by atoms with Crippen molar-refractivity contribution in [2.45, 2.75) is 56.9 Å². The van der Waals surface area contributed by atoms with E-state index in [1.807, 2.05) is 4.68 Å². The van der Waals surface area contributed by atoms with Crippen LogP contribution in [0.3, 0.4) is 0 Å². The van der Waals surface area contributed by atoms with Crippen LogP contribution < -0.4 is 5.32 Å². The van der Waals surface area contributed by atoms with Gasteiger partial charge in [0.1, 0.15) is 0 Å². The monoisotopic (exact) mass is 367 g/mol. The van der Waals surface area contributed by atoms with E-state index in [1.54, 1.807) is 18.6 Å². The van der Waals surface area contributed by atoms with E-state index in [2.05, 4.69) is 20.4 Å². The van der Waals surface area contributed by atoms with E-state index >= 15 is 0 Å². The van der Waals surface area contributed by atoms with Gasteiger partial charge in [0.05, 0.1) is 24.5 Å². The van der Waals surface area contributed by atoms with Crippen molar-refractivity contribution in [2.24, 2.45) is 11.8 Å². The highest BCUT2D eigenvalue weighted by molar-refractivity contribution is 5.94. The zero-order valence-corrected chi connectivity index (χ0v) is 15.3. The van der Waals surface area contributed by atoms with Gasteiger partial charge in [-0.3, -0.25) is 9.78 Å². The van der Waals surface area contributed by atoms with E-state index in [0.717, 1.165) is 30.5 Å². The van der Waals surface area contributed by atoms with Crippen LogP contribution >= 0.6 is 0 Å². The third-order valence-electron chi connectivity index (χ3n) is 6.48. The molecule has 2 fully saturated rings. The van der Waals surface area contributed by atoms with Gasteiger partial charge in [0.2, 0.25) is 0 Å². The lowest BCUT2D eigenvalue weighted by molar-refractivity contribution is 0.0864. The Kier molecular flexibility index (Phi) is 4.19. The molecule has 0 bridgehead atoms. The van der Waals surface area contributed by atoms with Crippen LogP contribution in [0.25, 0.3) is 5.82 Å². The van der Waals surface area contributed by atoms with Crippen molar-refractivity contribution >= 4 is 5.91 Å². The van der Waals surface area contributed by atoms with E-state index in [1.165, 1.54) is 25.7 Å². The van der Waals surface area contributed by atoms with Crippen molar-refractivity contribution in [3.63, 3.8) is 0 Å². The lowest BCUT2D eigenvalue weighted by Gasteiger charge is -2.29. The zero-order chi connectivity index (χ0) is 18.4. The molecule has 0 unspecified atom stereocenters. The molecule has 2 heterocycles. The zero-order valence-electron chi connectivity index (χ0n) is 15.3. The quantitative estimate of drug-likeness (QED) is 0.843. The summed E-state index contributed by atoms with van der Waals surface area (Å²) in [6, 6.07) is -0.189. The fourth-order valence-corrected chi connectivity index (χ4v) is 4.96. The minimum absolute atomic E-state index is 0.0191. The second-order valence-electron chi connectivity index (χ2n) is 8.15. The molecule has 0 aromatic carbocycles. The molecule has 0 radical (unpaired) electrons. The molecule has 5 rings (SSSR count). The minimum atomic E-state index is -0.189. The topological polar surface area (TPSA) is 92.9 Å². The van der Waals surface area contributed by atoms with Gasteiger partial charge < -0.3 is 10.4 Å². The first-order valence-electron chi connectivity index (χ1n) is 10.1. The van der Waals surface area contributed by atoms with Crippen LogP contribution in [0.15, 0.2) is 18.6 Å². The lowest BCUT2D eigenvalue weighted by Crippen LogP contribution is -2.44. The highest BCUT2D eigenvalue weighted by atomic mass is 16.3. The van der Waals surface area contributed by atoms with Gasteiger partial charge >= 0.3 is 0 Å². The van der Waals surface area contributed by atoms with Crippen LogP contribution in [0.5, 0.6) is 0 Å². The Labute approximate surface area is 158 Å². The molecule has 3 aliphatic carbocycles. The fourth-order valence-electron chi connectivity index (χ4n) is 4.96. The van der Waals surface area contributed by atoms with Gasteiger partial charge in [-0.2, -0.15) is 5.10 Å². The molecule has 27 heavy (non-hydrogen) atoms. The normalized spacial score (nSPS) is 24.9. The molecule has 0 saturated heterocycles. The summed E-state index contributed by atoms with van der Waals surface area (Å²) in [5.74, 6) is 1.98. The molecule has 0 spiro atoms. The summed E-state index contributed by atoms with van der Waals surface area (Å²) in [5, 5.41) is 17.5. The Morgan fingerprint density at radius 3 is 2.89 bits per heavy atom. The molecular formula is C20H25N5O2. The van der Waals surface area contributed by atoms with Crippen LogP contribution in [0.2, 0.25) is 0 Å². The lowest BCUT2D eigenvalue weighted by atomic mass is 9.84. The number of aromatic nitrogens is 4. The number of fused-ring (bicyclic) bond motifs is 3. The number of amides is 1. The van der Waals surface area contributed by atoms with Crippen molar-refractivity contribution in [3.8, 4) is 5.82 Å². The van der Waals surface area contributed by atoms with Gasteiger partial charge in [-0.05, 0) is 37.5 Å². The third kappa shape index (κ3) is 2.94. The van der Waals surface area contributed by atoms with Gasteiger partial charge in [-0.1, -0.05) is 19.3 Å². The van der Waals surface area contributed by atoms with Gasteiger partial charge in [-0.25, -0.2) is 9.67 Å². The second-order valence-corrected chi connectivity index (χ2v) is 8.15. The molecule has 2 aromatic heterocycles. The number of hydrogen-bond donors (Lipinski definition) is 2. The standard InChI is InChI=1S/C20H25N5O2/c26-11-16(12-4-2-1-3-5-12)23-20(27)18-15-9-13-8-14(13)19(15)25(24-18)17-10-21-6-7-22-17/h6-7,10,12-14,16,26H,1-5,8-9,11H2,(H,23,27)/t13-,14-,16-/m1/s1. The maximum Gasteiger partial charge on any atom is 0.272 e. The van der Waals surface area contributed by atoms with Crippen LogP contribution in [-0.4, -0.2) is 43.4 Å². The molecule has 2 saturated carbocycles. The molecule has 3 aliphatic rings. The predicted molar refractivity (Wildman–Crippen MR) is 98.6 cm³/mol. The van der Waals surface area contributed by atoms with Crippen molar-refractivity contribution < 1.29 is 9.90 Å². The number of carbonyl (C=O) groups is 1. The molecule has 2 aromatic rings. The highest BCUT2D eigenvalue weighted by Gasteiger charge is 2.50. The number of carbonyl (C=O) groups excluding carboxylic acids is 1. The van der Waals surface area contributed by atoms with Crippen molar-refractivity contribution in [1.82, 2.24) is 25.1 Å². The number of hydrogen-bond acceptors (Lipinski definition) is 5. The molecule has 3 atom stereocenters.